The van der Waals surface area contributed by atoms with Crippen molar-refractivity contribution in [2.45, 2.75) is 39.2 Å². The number of ether oxygens (including phenoxy) is 1. The van der Waals surface area contributed by atoms with E-state index in [0.29, 0.717) is 13.2 Å². The van der Waals surface area contributed by atoms with Gasteiger partial charge in [-0.15, -0.1) is 0 Å². The topological polar surface area (TPSA) is 67.3 Å². The van der Waals surface area contributed by atoms with E-state index in [1.165, 1.54) is 0 Å². The molecule has 1 amide bonds. The number of halogens is 1. The molecule has 0 unspecified atom stereocenters. The second-order valence-electron chi connectivity index (χ2n) is 7.18. The molecule has 0 radical (unpaired) electrons. The first-order chi connectivity index (χ1) is 13.0. The van der Waals surface area contributed by atoms with Crippen LogP contribution >= 0.6 is 15.9 Å². The van der Waals surface area contributed by atoms with Crippen LogP contribution in [0.3, 0.4) is 0 Å². The van der Waals surface area contributed by atoms with Gasteiger partial charge in [-0.1, -0.05) is 15.9 Å². The Balaban J connectivity index is 1.52. The molecule has 0 bridgehead atoms. The van der Waals surface area contributed by atoms with Gasteiger partial charge >= 0.3 is 0 Å². The molecule has 1 fully saturated rings. The molecule has 27 heavy (non-hydrogen) atoms. The van der Waals surface area contributed by atoms with E-state index in [1.54, 1.807) is 6.33 Å². The van der Waals surface area contributed by atoms with E-state index >= 15 is 0 Å². The highest BCUT2D eigenvalue weighted by Gasteiger charge is 2.26. The molecule has 7 heteroatoms. The molecule has 1 aliphatic heterocycles. The molecule has 146 valence electrons. The highest BCUT2D eigenvalue weighted by molar-refractivity contribution is 9.10. The monoisotopic (exact) mass is 434 g/mol. The van der Waals surface area contributed by atoms with Crippen molar-refractivity contribution in [3.63, 3.8) is 0 Å². The molecule has 1 aromatic carbocycles. The predicted molar refractivity (Wildman–Crippen MR) is 111 cm³/mol. The summed E-state index contributed by atoms with van der Waals surface area (Å²) in [5.41, 5.74) is 0.937. The number of aromatic nitrogens is 2. The number of carbonyl (C=O) groups excluding carboxylic acids is 1. The molecule has 1 aromatic heterocycles. The van der Waals surface area contributed by atoms with Crippen molar-refractivity contribution < 1.29 is 9.53 Å². The van der Waals surface area contributed by atoms with Crippen LogP contribution in [0, 0.1) is 5.92 Å². The molecule has 1 N–H and O–H groups in total. The van der Waals surface area contributed by atoms with E-state index in [2.05, 4.69) is 42.2 Å². The number of benzene rings is 1. The van der Waals surface area contributed by atoms with Gasteiger partial charge in [0.1, 0.15) is 12.1 Å². The Morgan fingerprint density at radius 2 is 2.11 bits per heavy atom. The Kier molecular flexibility index (Phi) is 7.01. The Bertz CT molecular complexity index is 776. The molecule has 0 atom stereocenters. The van der Waals surface area contributed by atoms with Crippen molar-refractivity contribution in [3.8, 4) is 0 Å². The Hall–Kier alpha value is -1.73. The first-order valence-electron chi connectivity index (χ1n) is 9.59. The largest absolute Gasteiger partial charge is 0.379 e. The average Bonchev–Trinajstić information content (AvgIpc) is 2.67. The van der Waals surface area contributed by atoms with Crippen LogP contribution in [0.5, 0.6) is 0 Å². The number of anilines is 1. The molecule has 0 saturated carbocycles. The number of amides is 1. The van der Waals surface area contributed by atoms with Crippen LogP contribution in [0.2, 0.25) is 0 Å². The fraction of sp³-hybridized carbons (Fsp3) is 0.550. The van der Waals surface area contributed by atoms with Crippen molar-refractivity contribution in [1.29, 1.82) is 0 Å². The summed E-state index contributed by atoms with van der Waals surface area (Å²) >= 11 is 3.53. The summed E-state index contributed by atoms with van der Waals surface area (Å²) in [5, 5.41) is 4.09. The van der Waals surface area contributed by atoms with E-state index in [0.717, 1.165) is 53.5 Å². The lowest BCUT2D eigenvalue weighted by atomic mass is 9.95. The zero-order valence-corrected chi connectivity index (χ0v) is 17.5. The van der Waals surface area contributed by atoms with Gasteiger partial charge in [-0.2, -0.15) is 0 Å². The number of rotatable bonds is 7. The van der Waals surface area contributed by atoms with Crippen LogP contribution in [-0.2, 0) is 9.53 Å². The van der Waals surface area contributed by atoms with Crippen molar-refractivity contribution in [3.05, 3.63) is 29.0 Å². The Morgan fingerprint density at radius 3 is 2.85 bits per heavy atom. The predicted octanol–water partition coefficient (Wildman–Crippen LogP) is 3.54. The van der Waals surface area contributed by atoms with E-state index in [4.69, 9.17) is 4.74 Å². The third-order valence-corrected chi connectivity index (χ3v) is 5.31. The number of carbonyl (C=O) groups is 1. The fourth-order valence-corrected chi connectivity index (χ4v) is 3.73. The van der Waals surface area contributed by atoms with Crippen molar-refractivity contribution in [2.24, 2.45) is 5.92 Å². The van der Waals surface area contributed by atoms with Crippen LogP contribution in [0.4, 0.5) is 5.82 Å². The summed E-state index contributed by atoms with van der Waals surface area (Å²) in [4.78, 5) is 23.5. The summed E-state index contributed by atoms with van der Waals surface area (Å²) in [7, 11) is 0. The number of hydrogen-bond donors (Lipinski definition) is 1. The normalized spacial score (nSPS) is 15.5. The van der Waals surface area contributed by atoms with Gasteiger partial charge < -0.3 is 15.0 Å². The quantitative estimate of drug-likeness (QED) is 0.674. The van der Waals surface area contributed by atoms with Crippen LogP contribution in [0.25, 0.3) is 10.9 Å². The van der Waals surface area contributed by atoms with Gasteiger partial charge in [0.25, 0.3) is 0 Å². The number of hydrogen-bond acceptors (Lipinski definition) is 5. The number of piperidine rings is 1. The van der Waals surface area contributed by atoms with Crippen LogP contribution in [0.15, 0.2) is 29.0 Å². The lowest BCUT2D eigenvalue weighted by Gasteiger charge is -2.32. The molecule has 2 aromatic rings. The molecular weight excluding hydrogens is 408 g/mol. The van der Waals surface area contributed by atoms with Crippen LogP contribution in [-0.4, -0.2) is 48.2 Å². The maximum atomic E-state index is 12.4. The lowest BCUT2D eigenvalue weighted by Crippen LogP contribution is -2.41. The van der Waals surface area contributed by atoms with Gasteiger partial charge in [-0.3, -0.25) is 4.79 Å². The minimum Gasteiger partial charge on any atom is -0.379 e. The second-order valence-corrected chi connectivity index (χ2v) is 8.10. The first-order valence-corrected chi connectivity index (χ1v) is 10.4. The van der Waals surface area contributed by atoms with Crippen LogP contribution < -0.4 is 10.2 Å². The van der Waals surface area contributed by atoms with E-state index < -0.39 is 0 Å². The second kappa shape index (κ2) is 9.46. The molecule has 0 spiro atoms. The third kappa shape index (κ3) is 5.39. The zero-order chi connectivity index (χ0) is 19.2. The summed E-state index contributed by atoms with van der Waals surface area (Å²) in [6, 6.07) is 6.04. The summed E-state index contributed by atoms with van der Waals surface area (Å²) in [6.45, 7) is 7.06. The Labute approximate surface area is 168 Å². The van der Waals surface area contributed by atoms with Crippen LogP contribution in [0.1, 0.15) is 33.1 Å². The van der Waals surface area contributed by atoms with Gasteiger partial charge in [0, 0.05) is 42.0 Å². The highest BCUT2D eigenvalue weighted by Crippen LogP contribution is 2.29. The van der Waals surface area contributed by atoms with E-state index in [1.807, 2.05) is 26.0 Å². The molecule has 0 aliphatic carbocycles. The standard InChI is InChI=1S/C20H27BrN4O2/c1-14(2)27-11-3-8-22-20(26)15-6-9-25(10-7-15)19-17-12-16(21)4-5-18(17)23-13-24-19/h4-5,12-15H,3,6-11H2,1-2H3,(H,22,26). The minimum absolute atomic E-state index is 0.0760. The average molecular weight is 435 g/mol. The van der Waals surface area contributed by atoms with Gasteiger partial charge in [0.05, 0.1) is 11.6 Å². The summed E-state index contributed by atoms with van der Waals surface area (Å²) in [6.07, 6.45) is 4.39. The molecule has 2 heterocycles. The summed E-state index contributed by atoms with van der Waals surface area (Å²) < 4.78 is 6.52. The summed E-state index contributed by atoms with van der Waals surface area (Å²) in [5.74, 6) is 1.19. The molecule has 6 nitrogen and oxygen atoms in total. The highest BCUT2D eigenvalue weighted by atomic mass is 79.9. The van der Waals surface area contributed by atoms with Crippen molar-refractivity contribution in [1.82, 2.24) is 15.3 Å². The molecular formula is C20H27BrN4O2. The first kappa shape index (κ1) is 20.0. The van der Waals surface area contributed by atoms with Gasteiger partial charge in [-0.05, 0) is 51.3 Å². The minimum atomic E-state index is 0.0760. The third-order valence-electron chi connectivity index (χ3n) is 4.81. The maximum absolute atomic E-state index is 12.4. The van der Waals surface area contributed by atoms with E-state index in [-0.39, 0.29) is 17.9 Å². The van der Waals surface area contributed by atoms with E-state index in [9.17, 15) is 4.79 Å². The van der Waals surface area contributed by atoms with Crippen molar-refractivity contribution >= 4 is 38.6 Å². The lowest BCUT2D eigenvalue weighted by molar-refractivity contribution is -0.125. The number of fused-ring (bicyclic) bond motifs is 1. The zero-order valence-electron chi connectivity index (χ0n) is 15.9. The molecule has 3 rings (SSSR count). The maximum Gasteiger partial charge on any atom is 0.223 e. The Morgan fingerprint density at radius 1 is 1.33 bits per heavy atom. The SMILES string of the molecule is CC(C)OCCCNC(=O)C1CCN(c2ncnc3ccc(Br)cc23)CC1. The molecule has 1 saturated heterocycles. The van der Waals surface area contributed by atoms with Gasteiger partial charge in [0.15, 0.2) is 0 Å². The number of nitrogens with one attached hydrogen (secondary N) is 1. The smallest absolute Gasteiger partial charge is 0.223 e. The molecule has 1 aliphatic rings. The van der Waals surface area contributed by atoms with Gasteiger partial charge in [0.2, 0.25) is 5.91 Å². The fourth-order valence-electron chi connectivity index (χ4n) is 3.37. The van der Waals surface area contributed by atoms with Crippen molar-refractivity contribution in [2.75, 3.05) is 31.1 Å². The number of nitrogens with zero attached hydrogens (tertiary/aromatic N) is 3. The van der Waals surface area contributed by atoms with Gasteiger partial charge in [-0.25, -0.2) is 9.97 Å².